The molecular formula is C52H38N2. The van der Waals surface area contributed by atoms with E-state index in [0.717, 1.165) is 34.1 Å². The third-order valence-corrected chi connectivity index (χ3v) is 11.3. The molecule has 54 heavy (non-hydrogen) atoms. The molecule has 256 valence electrons. The van der Waals surface area contributed by atoms with Gasteiger partial charge >= 0.3 is 0 Å². The van der Waals surface area contributed by atoms with Gasteiger partial charge < -0.3 is 9.80 Å². The Morgan fingerprint density at radius 3 is 1.41 bits per heavy atom. The second-order valence-corrected chi connectivity index (χ2v) is 14.3. The first-order valence-electron chi connectivity index (χ1n) is 18.7. The number of hydrogen-bond acceptors (Lipinski definition) is 2. The molecule has 0 radical (unpaired) electrons. The summed E-state index contributed by atoms with van der Waals surface area (Å²) in [6.45, 7) is 2.40. The standard InChI is InChI=1S/C52H38N2/c1-52(39-17-6-2-7-18-39)50-28-15-14-27-46(50)49-33-38-30-29-37-31-32-45(35-47(37)48(38)36-51(49)52)54(42-23-12-5-13-24-42)44-26-16-25-43(34-44)53(40-19-8-3-9-20-40)41-21-10-4-11-22-41/h2-36H,1H3. The summed E-state index contributed by atoms with van der Waals surface area (Å²) >= 11 is 0. The quantitative estimate of drug-likeness (QED) is 0.154. The molecule has 9 aromatic carbocycles. The third kappa shape index (κ3) is 5.18. The van der Waals surface area contributed by atoms with Crippen molar-refractivity contribution in [2.45, 2.75) is 12.3 Å². The molecule has 0 saturated heterocycles. The lowest BCUT2D eigenvalue weighted by atomic mass is 9.74. The van der Waals surface area contributed by atoms with E-state index in [2.05, 4.69) is 229 Å². The molecule has 0 bridgehead atoms. The molecule has 0 spiro atoms. The fourth-order valence-electron chi connectivity index (χ4n) is 8.64. The molecular weight excluding hydrogens is 653 g/mol. The average molecular weight is 691 g/mol. The minimum Gasteiger partial charge on any atom is -0.310 e. The molecule has 0 heterocycles. The van der Waals surface area contributed by atoms with E-state index in [4.69, 9.17) is 0 Å². The van der Waals surface area contributed by atoms with Gasteiger partial charge in [-0.2, -0.15) is 0 Å². The van der Waals surface area contributed by atoms with E-state index >= 15 is 0 Å². The summed E-state index contributed by atoms with van der Waals surface area (Å²) in [7, 11) is 0. The second kappa shape index (κ2) is 12.9. The van der Waals surface area contributed by atoms with Crippen LogP contribution >= 0.6 is 0 Å². The smallest absolute Gasteiger partial charge is 0.0482 e. The second-order valence-electron chi connectivity index (χ2n) is 14.3. The highest BCUT2D eigenvalue weighted by molar-refractivity contribution is 6.11. The van der Waals surface area contributed by atoms with Crippen molar-refractivity contribution in [2.75, 3.05) is 9.80 Å². The van der Waals surface area contributed by atoms with Gasteiger partial charge in [-0.25, -0.2) is 0 Å². The molecule has 0 N–H and O–H groups in total. The Morgan fingerprint density at radius 2 is 0.778 bits per heavy atom. The highest BCUT2D eigenvalue weighted by Gasteiger charge is 2.40. The molecule has 0 amide bonds. The summed E-state index contributed by atoms with van der Waals surface area (Å²) < 4.78 is 0. The first-order chi connectivity index (χ1) is 26.7. The third-order valence-electron chi connectivity index (χ3n) is 11.3. The molecule has 0 saturated carbocycles. The van der Waals surface area contributed by atoms with Crippen molar-refractivity contribution < 1.29 is 0 Å². The fourth-order valence-corrected chi connectivity index (χ4v) is 8.64. The van der Waals surface area contributed by atoms with Gasteiger partial charge in [0, 0.05) is 39.5 Å². The van der Waals surface area contributed by atoms with E-state index in [0.29, 0.717) is 0 Å². The minimum absolute atomic E-state index is 0.263. The molecule has 9 aromatic rings. The van der Waals surface area contributed by atoms with Gasteiger partial charge in [0.15, 0.2) is 0 Å². The molecule has 1 unspecified atom stereocenters. The zero-order valence-corrected chi connectivity index (χ0v) is 30.1. The van der Waals surface area contributed by atoms with Crippen molar-refractivity contribution in [1.82, 2.24) is 0 Å². The summed E-state index contributed by atoms with van der Waals surface area (Å²) in [4.78, 5) is 4.70. The number of para-hydroxylation sites is 3. The molecule has 0 aromatic heterocycles. The molecule has 2 nitrogen and oxygen atoms in total. The Bertz CT molecular complexity index is 2740. The van der Waals surface area contributed by atoms with Gasteiger partial charge in [-0.15, -0.1) is 0 Å². The van der Waals surface area contributed by atoms with Crippen LogP contribution in [0.25, 0.3) is 32.7 Å². The average Bonchev–Trinajstić information content (AvgIpc) is 3.49. The molecule has 2 heteroatoms. The van der Waals surface area contributed by atoms with E-state index in [-0.39, 0.29) is 5.41 Å². The zero-order chi connectivity index (χ0) is 36.1. The SMILES string of the molecule is CC1(c2ccccc2)c2ccccc2-c2cc3ccc4ccc(N(c5ccccc5)c5cccc(N(c6ccccc6)c6ccccc6)c5)cc4c3cc21. The van der Waals surface area contributed by atoms with Crippen LogP contribution < -0.4 is 9.80 Å². The number of benzene rings is 9. The summed E-state index contributed by atoms with van der Waals surface area (Å²) in [5, 5.41) is 4.99. The number of fused-ring (bicyclic) bond motifs is 6. The van der Waals surface area contributed by atoms with Crippen molar-refractivity contribution in [1.29, 1.82) is 0 Å². The van der Waals surface area contributed by atoms with Gasteiger partial charge in [-0.05, 0) is 135 Å². The highest BCUT2D eigenvalue weighted by atomic mass is 15.2. The van der Waals surface area contributed by atoms with Gasteiger partial charge in [0.25, 0.3) is 0 Å². The van der Waals surface area contributed by atoms with Crippen LogP contribution in [-0.4, -0.2) is 0 Å². The van der Waals surface area contributed by atoms with Crippen LogP contribution in [0.3, 0.4) is 0 Å². The zero-order valence-electron chi connectivity index (χ0n) is 30.1. The molecule has 0 aliphatic heterocycles. The number of nitrogens with zero attached hydrogens (tertiary/aromatic N) is 2. The number of rotatable bonds is 7. The Kier molecular flexibility index (Phi) is 7.63. The van der Waals surface area contributed by atoms with Crippen molar-refractivity contribution in [3.05, 3.63) is 229 Å². The number of hydrogen-bond donors (Lipinski definition) is 0. The van der Waals surface area contributed by atoms with Gasteiger partial charge in [-0.1, -0.05) is 133 Å². The minimum atomic E-state index is -0.263. The van der Waals surface area contributed by atoms with Crippen LogP contribution in [0.4, 0.5) is 34.1 Å². The Morgan fingerprint density at radius 1 is 0.315 bits per heavy atom. The summed E-state index contributed by atoms with van der Waals surface area (Å²) in [6, 6.07) is 77.1. The van der Waals surface area contributed by atoms with Gasteiger partial charge in [0.1, 0.15) is 0 Å². The van der Waals surface area contributed by atoms with Gasteiger partial charge in [0.05, 0.1) is 0 Å². The van der Waals surface area contributed by atoms with E-state index < -0.39 is 0 Å². The largest absolute Gasteiger partial charge is 0.310 e. The van der Waals surface area contributed by atoms with Gasteiger partial charge in [-0.3, -0.25) is 0 Å². The Labute approximate surface area is 316 Å². The maximum Gasteiger partial charge on any atom is 0.0482 e. The molecule has 1 aliphatic rings. The molecule has 0 fully saturated rings. The van der Waals surface area contributed by atoms with E-state index in [1.807, 2.05) is 0 Å². The lowest BCUT2D eigenvalue weighted by Crippen LogP contribution is -2.22. The van der Waals surface area contributed by atoms with E-state index in [1.54, 1.807) is 0 Å². The predicted molar refractivity (Wildman–Crippen MR) is 228 cm³/mol. The van der Waals surface area contributed by atoms with Crippen LogP contribution in [0, 0.1) is 0 Å². The maximum atomic E-state index is 2.48. The van der Waals surface area contributed by atoms with Crippen LogP contribution in [-0.2, 0) is 5.41 Å². The van der Waals surface area contributed by atoms with E-state index in [1.165, 1.54) is 49.4 Å². The Hall–Kier alpha value is -6.90. The van der Waals surface area contributed by atoms with Crippen molar-refractivity contribution in [2.24, 2.45) is 0 Å². The molecule has 10 rings (SSSR count). The van der Waals surface area contributed by atoms with Crippen molar-refractivity contribution >= 4 is 55.7 Å². The lowest BCUT2D eigenvalue weighted by Gasteiger charge is -2.29. The number of anilines is 6. The Balaban J connectivity index is 1.16. The maximum absolute atomic E-state index is 2.48. The predicted octanol–water partition coefficient (Wildman–Crippen LogP) is 14.3. The van der Waals surface area contributed by atoms with Crippen LogP contribution in [0.2, 0.25) is 0 Å². The van der Waals surface area contributed by atoms with Crippen LogP contribution in [0.5, 0.6) is 0 Å². The summed E-state index contributed by atoms with van der Waals surface area (Å²) in [5.74, 6) is 0. The topological polar surface area (TPSA) is 6.48 Å². The first-order valence-corrected chi connectivity index (χ1v) is 18.7. The van der Waals surface area contributed by atoms with Gasteiger partial charge in [0.2, 0.25) is 0 Å². The molecule has 1 aliphatic carbocycles. The van der Waals surface area contributed by atoms with Crippen molar-refractivity contribution in [3.63, 3.8) is 0 Å². The summed E-state index contributed by atoms with van der Waals surface area (Å²) in [6.07, 6.45) is 0. The van der Waals surface area contributed by atoms with Crippen LogP contribution in [0.1, 0.15) is 23.6 Å². The molecule has 1 atom stereocenters. The van der Waals surface area contributed by atoms with Crippen molar-refractivity contribution in [3.8, 4) is 11.1 Å². The lowest BCUT2D eigenvalue weighted by molar-refractivity contribution is 0.715. The summed E-state index contributed by atoms with van der Waals surface area (Å²) in [5.41, 5.74) is 13.0. The normalized spacial score (nSPS) is 14.5. The van der Waals surface area contributed by atoms with Crippen LogP contribution in [0.15, 0.2) is 212 Å². The highest BCUT2D eigenvalue weighted by Crippen LogP contribution is 2.54. The van der Waals surface area contributed by atoms with E-state index in [9.17, 15) is 0 Å². The first kappa shape index (κ1) is 31.8. The monoisotopic (exact) mass is 690 g/mol. The fraction of sp³-hybridized carbons (Fsp3) is 0.0385.